The maximum Gasteiger partial charge on any atom is 0.253 e. The summed E-state index contributed by atoms with van der Waals surface area (Å²) in [6, 6.07) is 6.93. The first kappa shape index (κ1) is 12.8. The lowest BCUT2D eigenvalue weighted by Gasteiger charge is -2.12. The molecule has 0 radical (unpaired) electrons. The van der Waals surface area contributed by atoms with Gasteiger partial charge in [-0.3, -0.25) is 9.59 Å². The molecule has 1 aromatic carbocycles. The van der Waals surface area contributed by atoms with Gasteiger partial charge in [0.1, 0.15) is 6.10 Å². The van der Waals surface area contributed by atoms with Gasteiger partial charge in [-0.15, -0.1) is 0 Å². The molecular weight excluding hydrogens is 230 g/mol. The third-order valence-electron chi connectivity index (χ3n) is 3.06. The van der Waals surface area contributed by atoms with Crippen LogP contribution in [0.1, 0.15) is 37.0 Å². The van der Waals surface area contributed by atoms with E-state index in [0.29, 0.717) is 11.3 Å². The molecule has 1 heterocycles. The third kappa shape index (κ3) is 2.96. The molecule has 0 bridgehead atoms. The SMILES string of the molecule is CC(=O)c1cccc(NC(=O)C2CCC(C)O2)c1. The van der Waals surface area contributed by atoms with Gasteiger partial charge >= 0.3 is 0 Å². The summed E-state index contributed by atoms with van der Waals surface area (Å²) in [5.74, 6) is -0.156. The van der Waals surface area contributed by atoms with Crippen molar-refractivity contribution in [2.75, 3.05) is 5.32 Å². The number of rotatable bonds is 3. The summed E-state index contributed by atoms with van der Waals surface area (Å²) < 4.78 is 5.49. The Hall–Kier alpha value is -1.68. The van der Waals surface area contributed by atoms with Gasteiger partial charge in [0, 0.05) is 11.3 Å². The van der Waals surface area contributed by atoms with Crippen molar-refractivity contribution in [3.63, 3.8) is 0 Å². The number of anilines is 1. The minimum absolute atomic E-state index is 0.0168. The summed E-state index contributed by atoms with van der Waals surface area (Å²) in [4.78, 5) is 23.2. The first-order chi connectivity index (χ1) is 8.56. The number of benzene rings is 1. The van der Waals surface area contributed by atoms with Crippen molar-refractivity contribution in [1.29, 1.82) is 0 Å². The maximum atomic E-state index is 11.9. The lowest BCUT2D eigenvalue weighted by Crippen LogP contribution is -2.27. The van der Waals surface area contributed by atoms with Crippen LogP contribution in [0.2, 0.25) is 0 Å². The molecular formula is C14H17NO3. The highest BCUT2D eigenvalue weighted by Crippen LogP contribution is 2.21. The Morgan fingerprint density at radius 3 is 2.72 bits per heavy atom. The van der Waals surface area contributed by atoms with Gasteiger partial charge in [-0.1, -0.05) is 12.1 Å². The van der Waals surface area contributed by atoms with Gasteiger partial charge in [0.15, 0.2) is 5.78 Å². The molecule has 1 amide bonds. The van der Waals surface area contributed by atoms with E-state index >= 15 is 0 Å². The molecule has 0 spiro atoms. The first-order valence-electron chi connectivity index (χ1n) is 6.13. The number of ether oxygens (including phenoxy) is 1. The molecule has 18 heavy (non-hydrogen) atoms. The monoisotopic (exact) mass is 247 g/mol. The van der Waals surface area contributed by atoms with E-state index in [4.69, 9.17) is 4.74 Å². The van der Waals surface area contributed by atoms with Crippen molar-refractivity contribution in [1.82, 2.24) is 0 Å². The van der Waals surface area contributed by atoms with Crippen molar-refractivity contribution in [2.24, 2.45) is 0 Å². The molecule has 1 N–H and O–H groups in total. The zero-order valence-electron chi connectivity index (χ0n) is 10.6. The summed E-state index contributed by atoms with van der Waals surface area (Å²) in [5.41, 5.74) is 1.23. The van der Waals surface area contributed by atoms with Gasteiger partial charge in [0.2, 0.25) is 0 Å². The number of nitrogens with one attached hydrogen (secondary N) is 1. The molecule has 1 fully saturated rings. The van der Waals surface area contributed by atoms with Crippen LogP contribution >= 0.6 is 0 Å². The van der Waals surface area contributed by atoms with E-state index in [1.54, 1.807) is 24.3 Å². The highest BCUT2D eigenvalue weighted by molar-refractivity contribution is 5.98. The van der Waals surface area contributed by atoms with Gasteiger partial charge in [0.05, 0.1) is 6.10 Å². The van der Waals surface area contributed by atoms with E-state index in [9.17, 15) is 9.59 Å². The molecule has 0 aromatic heterocycles. The quantitative estimate of drug-likeness (QED) is 0.834. The largest absolute Gasteiger partial charge is 0.365 e. The Morgan fingerprint density at radius 1 is 1.33 bits per heavy atom. The third-order valence-corrected chi connectivity index (χ3v) is 3.06. The zero-order valence-corrected chi connectivity index (χ0v) is 10.6. The second-order valence-electron chi connectivity index (χ2n) is 4.64. The van der Waals surface area contributed by atoms with Crippen LogP contribution < -0.4 is 5.32 Å². The highest BCUT2D eigenvalue weighted by Gasteiger charge is 2.28. The second kappa shape index (κ2) is 5.31. The number of carbonyl (C=O) groups is 2. The fourth-order valence-electron chi connectivity index (χ4n) is 2.03. The Kier molecular flexibility index (Phi) is 3.77. The molecule has 1 saturated heterocycles. The molecule has 0 aliphatic carbocycles. The maximum absolute atomic E-state index is 11.9. The number of hydrogen-bond donors (Lipinski definition) is 1. The number of ketones is 1. The summed E-state index contributed by atoms with van der Waals surface area (Å²) in [7, 11) is 0. The van der Waals surface area contributed by atoms with Crippen LogP contribution in [0.15, 0.2) is 24.3 Å². The smallest absolute Gasteiger partial charge is 0.253 e. The molecule has 1 aliphatic heterocycles. The van der Waals surface area contributed by atoms with Crippen LogP contribution in [0.25, 0.3) is 0 Å². The minimum atomic E-state index is -0.374. The second-order valence-corrected chi connectivity index (χ2v) is 4.64. The Balaban J connectivity index is 2.03. The van der Waals surface area contributed by atoms with Crippen LogP contribution in [-0.4, -0.2) is 23.9 Å². The molecule has 4 nitrogen and oxygen atoms in total. The Morgan fingerprint density at radius 2 is 2.11 bits per heavy atom. The van der Waals surface area contributed by atoms with E-state index < -0.39 is 0 Å². The normalized spacial score (nSPS) is 22.8. The number of hydrogen-bond acceptors (Lipinski definition) is 3. The van der Waals surface area contributed by atoms with Crippen molar-refractivity contribution >= 4 is 17.4 Å². The predicted molar refractivity (Wildman–Crippen MR) is 68.6 cm³/mol. The number of carbonyl (C=O) groups excluding carboxylic acids is 2. The van der Waals surface area contributed by atoms with Gasteiger partial charge in [-0.05, 0) is 38.8 Å². The number of amides is 1. The van der Waals surface area contributed by atoms with E-state index in [1.165, 1.54) is 6.92 Å². The Bertz CT molecular complexity index is 470. The van der Waals surface area contributed by atoms with E-state index in [1.807, 2.05) is 6.92 Å². The molecule has 0 saturated carbocycles. The molecule has 2 unspecified atom stereocenters. The topological polar surface area (TPSA) is 55.4 Å². The summed E-state index contributed by atoms with van der Waals surface area (Å²) in [6.45, 7) is 3.46. The molecule has 1 aliphatic rings. The van der Waals surface area contributed by atoms with E-state index in [2.05, 4.69) is 5.32 Å². The molecule has 2 atom stereocenters. The van der Waals surface area contributed by atoms with Gasteiger partial charge in [-0.2, -0.15) is 0 Å². The molecule has 96 valence electrons. The fourth-order valence-corrected chi connectivity index (χ4v) is 2.03. The molecule has 4 heteroatoms. The van der Waals surface area contributed by atoms with Crippen molar-refractivity contribution in [3.8, 4) is 0 Å². The van der Waals surface area contributed by atoms with Gasteiger partial charge in [-0.25, -0.2) is 0 Å². The summed E-state index contributed by atoms with van der Waals surface area (Å²) >= 11 is 0. The number of Topliss-reactive ketones (excluding diaryl/α,β-unsaturated/α-hetero) is 1. The van der Waals surface area contributed by atoms with Crippen molar-refractivity contribution in [2.45, 2.75) is 38.9 Å². The first-order valence-corrected chi connectivity index (χ1v) is 6.13. The minimum Gasteiger partial charge on any atom is -0.365 e. The molecule has 1 aromatic rings. The lowest BCUT2D eigenvalue weighted by atomic mass is 10.1. The lowest BCUT2D eigenvalue weighted by molar-refractivity contribution is -0.126. The van der Waals surface area contributed by atoms with Gasteiger partial charge in [0.25, 0.3) is 5.91 Å². The van der Waals surface area contributed by atoms with E-state index in [-0.39, 0.29) is 23.9 Å². The van der Waals surface area contributed by atoms with Crippen LogP contribution in [0.4, 0.5) is 5.69 Å². The van der Waals surface area contributed by atoms with Crippen molar-refractivity contribution in [3.05, 3.63) is 29.8 Å². The standard InChI is InChI=1S/C14H17NO3/c1-9-6-7-13(18-9)14(17)15-12-5-3-4-11(8-12)10(2)16/h3-5,8-9,13H,6-7H2,1-2H3,(H,15,17). The van der Waals surface area contributed by atoms with Crippen molar-refractivity contribution < 1.29 is 14.3 Å². The van der Waals surface area contributed by atoms with Crippen LogP contribution in [0.5, 0.6) is 0 Å². The summed E-state index contributed by atoms with van der Waals surface area (Å²) in [6.07, 6.45) is 1.43. The Labute approximate surface area is 106 Å². The zero-order chi connectivity index (χ0) is 13.1. The van der Waals surface area contributed by atoms with Crippen LogP contribution in [0.3, 0.4) is 0 Å². The average Bonchev–Trinajstić information content (AvgIpc) is 2.76. The summed E-state index contributed by atoms with van der Waals surface area (Å²) in [5, 5.41) is 2.78. The highest BCUT2D eigenvalue weighted by atomic mass is 16.5. The predicted octanol–water partition coefficient (Wildman–Crippen LogP) is 2.40. The fraction of sp³-hybridized carbons (Fsp3) is 0.429. The van der Waals surface area contributed by atoms with Gasteiger partial charge < -0.3 is 10.1 Å². The average molecular weight is 247 g/mol. The van der Waals surface area contributed by atoms with Crippen LogP contribution in [-0.2, 0) is 9.53 Å². The van der Waals surface area contributed by atoms with E-state index in [0.717, 1.165) is 12.8 Å². The molecule has 2 rings (SSSR count). The van der Waals surface area contributed by atoms with Crippen LogP contribution in [0, 0.1) is 0 Å².